The minimum Gasteiger partial charge on any atom is -0.508 e. The van der Waals surface area contributed by atoms with Crippen molar-refractivity contribution >= 4 is 10.4 Å². The molecule has 0 saturated carbocycles. The van der Waals surface area contributed by atoms with Gasteiger partial charge in [-0.25, -0.2) is 0 Å². The smallest absolute Gasteiger partial charge is 0.446 e. The van der Waals surface area contributed by atoms with Crippen LogP contribution < -0.4 is 4.18 Å². The van der Waals surface area contributed by atoms with Gasteiger partial charge in [0.2, 0.25) is 0 Å². The third kappa shape index (κ3) is 5.02. The molecule has 0 bridgehead atoms. The van der Waals surface area contributed by atoms with Gasteiger partial charge >= 0.3 is 10.4 Å². The zero-order valence-electron chi connectivity index (χ0n) is 15.5. The van der Waals surface area contributed by atoms with Crippen LogP contribution >= 0.6 is 0 Å². The van der Waals surface area contributed by atoms with Crippen molar-refractivity contribution < 1.29 is 22.3 Å². The average molecular weight is 391 g/mol. The molecule has 0 fully saturated rings. The Labute approximate surface area is 161 Å². The van der Waals surface area contributed by atoms with Gasteiger partial charge in [-0.1, -0.05) is 44.0 Å². The van der Waals surface area contributed by atoms with Gasteiger partial charge in [0.25, 0.3) is 0 Å². The van der Waals surface area contributed by atoms with E-state index in [1.165, 1.54) is 30.0 Å². The maximum absolute atomic E-state index is 10.8. The van der Waals surface area contributed by atoms with Crippen molar-refractivity contribution in [2.45, 2.75) is 57.3 Å². The van der Waals surface area contributed by atoms with E-state index in [9.17, 15) is 13.5 Å². The predicted octanol–water partition coefficient (Wildman–Crippen LogP) is 4.97. The Hall–Kier alpha value is -2.05. The van der Waals surface area contributed by atoms with E-state index in [-0.39, 0.29) is 11.5 Å². The Kier molecular flexibility index (Phi) is 6.07. The first-order valence-electron chi connectivity index (χ1n) is 9.46. The molecule has 1 aliphatic rings. The summed E-state index contributed by atoms with van der Waals surface area (Å²) in [5.74, 6) is 1.14. The number of unbranched alkanes of at least 4 members (excludes halogenated alkanes) is 1. The molecule has 0 aliphatic heterocycles. The molecule has 0 aromatic heterocycles. The third-order valence-corrected chi connectivity index (χ3v) is 5.67. The lowest BCUT2D eigenvalue weighted by Gasteiger charge is -2.40. The molecule has 1 aliphatic carbocycles. The highest BCUT2D eigenvalue weighted by Crippen LogP contribution is 2.51. The molecular weight excluding hydrogens is 364 g/mol. The van der Waals surface area contributed by atoms with Gasteiger partial charge in [-0.05, 0) is 66.3 Å². The summed E-state index contributed by atoms with van der Waals surface area (Å²) in [6, 6.07) is 13.0. The van der Waals surface area contributed by atoms with Crippen molar-refractivity contribution in [1.82, 2.24) is 0 Å². The van der Waals surface area contributed by atoms with Crippen LogP contribution in [0, 0.1) is 0 Å². The topological polar surface area (TPSA) is 83.8 Å². The SMILES string of the molecule is CCCC1c2ccccc2C1CCCCc1cc(O)cc(OS(=O)(=O)O)c1. The number of aryl methyl sites for hydroxylation is 1. The van der Waals surface area contributed by atoms with Crippen LogP contribution in [0.1, 0.15) is 67.6 Å². The van der Waals surface area contributed by atoms with Crippen LogP contribution in [0.15, 0.2) is 42.5 Å². The second-order valence-corrected chi connectivity index (χ2v) is 8.24. The van der Waals surface area contributed by atoms with Crippen LogP contribution in [0.5, 0.6) is 11.5 Å². The molecule has 0 spiro atoms. The molecule has 2 unspecified atom stereocenters. The van der Waals surface area contributed by atoms with E-state index in [1.807, 2.05) is 0 Å². The number of fused-ring (bicyclic) bond motifs is 1. The van der Waals surface area contributed by atoms with Crippen LogP contribution in [0.3, 0.4) is 0 Å². The lowest BCUT2D eigenvalue weighted by Crippen LogP contribution is -2.24. The van der Waals surface area contributed by atoms with E-state index in [1.54, 1.807) is 6.07 Å². The average Bonchev–Trinajstić information content (AvgIpc) is 2.57. The molecule has 2 aromatic carbocycles. The van der Waals surface area contributed by atoms with Crippen LogP contribution in [-0.4, -0.2) is 18.1 Å². The Bertz CT molecular complexity index is 891. The highest BCUT2D eigenvalue weighted by molar-refractivity contribution is 7.81. The van der Waals surface area contributed by atoms with Gasteiger partial charge in [-0.2, -0.15) is 8.42 Å². The first kappa shape index (κ1) is 19.7. The number of aromatic hydroxyl groups is 1. The summed E-state index contributed by atoms with van der Waals surface area (Å²) < 4.78 is 34.9. The molecule has 146 valence electrons. The largest absolute Gasteiger partial charge is 0.508 e. The third-order valence-electron chi connectivity index (χ3n) is 5.26. The maximum Gasteiger partial charge on any atom is 0.446 e. The second kappa shape index (κ2) is 8.31. The Morgan fingerprint density at radius 3 is 2.30 bits per heavy atom. The van der Waals surface area contributed by atoms with Crippen molar-refractivity contribution in [2.24, 2.45) is 0 Å². The summed E-state index contributed by atoms with van der Waals surface area (Å²) in [7, 11) is -4.59. The molecule has 27 heavy (non-hydrogen) atoms. The molecule has 0 radical (unpaired) electrons. The molecule has 3 rings (SSSR count). The fraction of sp³-hybridized carbons (Fsp3) is 0.429. The Morgan fingerprint density at radius 1 is 1.00 bits per heavy atom. The van der Waals surface area contributed by atoms with E-state index >= 15 is 0 Å². The van der Waals surface area contributed by atoms with E-state index < -0.39 is 10.4 Å². The van der Waals surface area contributed by atoms with Gasteiger partial charge in [0.15, 0.2) is 0 Å². The summed E-state index contributed by atoms with van der Waals surface area (Å²) in [6.07, 6.45) is 6.26. The van der Waals surface area contributed by atoms with Crippen molar-refractivity contribution in [2.75, 3.05) is 0 Å². The van der Waals surface area contributed by atoms with Gasteiger partial charge in [0.1, 0.15) is 11.5 Å². The van der Waals surface area contributed by atoms with Gasteiger partial charge in [0.05, 0.1) is 0 Å². The maximum atomic E-state index is 10.8. The summed E-state index contributed by atoms with van der Waals surface area (Å²) >= 11 is 0. The predicted molar refractivity (Wildman–Crippen MR) is 105 cm³/mol. The first-order valence-corrected chi connectivity index (χ1v) is 10.8. The van der Waals surface area contributed by atoms with E-state index in [0.29, 0.717) is 18.3 Å². The molecule has 2 aromatic rings. The fourth-order valence-corrected chi connectivity index (χ4v) is 4.54. The lowest BCUT2D eigenvalue weighted by molar-refractivity contribution is 0.385. The monoisotopic (exact) mass is 390 g/mol. The summed E-state index contributed by atoms with van der Waals surface area (Å²) in [4.78, 5) is 0. The molecule has 2 atom stereocenters. The summed E-state index contributed by atoms with van der Waals surface area (Å²) in [5.41, 5.74) is 3.77. The summed E-state index contributed by atoms with van der Waals surface area (Å²) in [5, 5.41) is 9.73. The standard InChI is InChI=1S/C21H26O5S/c1-2-7-18-19(21-11-6-5-10-20(18)21)9-4-3-8-15-12-16(22)14-17(13-15)26-27(23,24)25/h5-6,10-14,18-19,22H,2-4,7-9H2,1H3,(H,23,24,25). The summed E-state index contributed by atoms with van der Waals surface area (Å²) in [6.45, 7) is 2.23. The normalized spacial score (nSPS) is 18.6. The van der Waals surface area contributed by atoms with Crippen molar-refractivity contribution in [3.05, 3.63) is 59.2 Å². The molecule has 5 nitrogen and oxygen atoms in total. The van der Waals surface area contributed by atoms with Crippen LogP contribution in [0.25, 0.3) is 0 Å². The van der Waals surface area contributed by atoms with Gasteiger partial charge in [0, 0.05) is 6.07 Å². The minimum atomic E-state index is -4.59. The second-order valence-electron chi connectivity index (χ2n) is 7.22. The highest BCUT2D eigenvalue weighted by Gasteiger charge is 2.35. The van der Waals surface area contributed by atoms with Gasteiger partial charge in [-0.15, -0.1) is 0 Å². The molecular formula is C21H26O5S. The number of phenols is 1. The highest BCUT2D eigenvalue weighted by atomic mass is 32.3. The van der Waals surface area contributed by atoms with E-state index in [2.05, 4.69) is 35.4 Å². The van der Waals surface area contributed by atoms with E-state index in [0.717, 1.165) is 30.9 Å². The number of rotatable bonds is 9. The zero-order chi connectivity index (χ0) is 19.4. The number of hydrogen-bond acceptors (Lipinski definition) is 4. The molecule has 2 N–H and O–H groups in total. The minimum absolute atomic E-state index is 0.0802. The Morgan fingerprint density at radius 2 is 1.67 bits per heavy atom. The number of hydrogen-bond donors (Lipinski definition) is 2. The Balaban J connectivity index is 1.55. The quantitative estimate of drug-likeness (QED) is 0.467. The van der Waals surface area contributed by atoms with Crippen molar-refractivity contribution in [1.29, 1.82) is 0 Å². The van der Waals surface area contributed by atoms with Crippen LogP contribution in [0.2, 0.25) is 0 Å². The molecule has 0 amide bonds. The number of benzene rings is 2. The van der Waals surface area contributed by atoms with Crippen molar-refractivity contribution in [3.63, 3.8) is 0 Å². The molecule has 0 saturated heterocycles. The van der Waals surface area contributed by atoms with Gasteiger partial charge < -0.3 is 9.29 Å². The first-order chi connectivity index (χ1) is 12.9. The lowest BCUT2D eigenvalue weighted by atomic mass is 9.64. The molecule has 6 heteroatoms. The van der Waals surface area contributed by atoms with Crippen LogP contribution in [0.4, 0.5) is 0 Å². The van der Waals surface area contributed by atoms with Crippen LogP contribution in [-0.2, 0) is 16.8 Å². The van der Waals surface area contributed by atoms with Gasteiger partial charge in [-0.3, -0.25) is 4.55 Å². The zero-order valence-corrected chi connectivity index (χ0v) is 16.3. The molecule has 0 heterocycles. The van der Waals surface area contributed by atoms with Crippen molar-refractivity contribution in [3.8, 4) is 11.5 Å². The number of phenolic OH excluding ortho intramolecular Hbond substituents is 1. The fourth-order valence-electron chi connectivity index (χ4n) is 4.20. The van der Waals surface area contributed by atoms with E-state index in [4.69, 9.17) is 4.55 Å².